The molecule has 3 rings (SSSR count). The predicted molar refractivity (Wildman–Crippen MR) is 85.9 cm³/mol. The fraction of sp³-hybridized carbons (Fsp3) is 0.812. The van der Waals surface area contributed by atoms with Gasteiger partial charge in [-0.1, -0.05) is 5.21 Å². The second-order valence-electron chi connectivity index (χ2n) is 7.30. The Labute approximate surface area is 137 Å². The van der Waals surface area contributed by atoms with Crippen LogP contribution < -0.4 is 5.32 Å². The number of ether oxygens (including phenoxy) is 1. The lowest BCUT2D eigenvalue weighted by atomic mass is 9.98. The van der Waals surface area contributed by atoms with E-state index < -0.39 is 0 Å². The number of piperidine rings is 1. The number of carbonyl (C=O) groups is 1. The molecule has 3 heterocycles. The van der Waals surface area contributed by atoms with Crippen molar-refractivity contribution in [2.24, 2.45) is 5.92 Å². The van der Waals surface area contributed by atoms with Crippen molar-refractivity contribution in [1.29, 1.82) is 0 Å². The Morgan fingerprint density at radius 2 is 2.30 bits per heavy atom. The van der Waals surface area contributed by atoms with Crippen LogP contribution in [0.3, 0.4) is 0 Å². The van der Waals surface area contributed by atoms with Crippen LogP contribution in [0.25, 0.3) is 0 Å². The largest absolute Gasteiger partial charge is 0.371 e. The zero-order valence-electron chi connectivity index (χ0n) is 14.1. The van der Waals surface area contributed by atoms with Gasteiger partial charge < -0.3 is 15.0 Å². The van der Waals surface area contributed by atoms with Crippen LogP contribution in [0, 0.1) is 5.92 Å². The van der Waals surface area contributed by atoms with Gasteiger partial charge in [0.15, 0.2) is 0 Å². The summed E-state index contributed by atoms with van der Waals surface area (Å²) in [5.74, 6) is 0.442. The zero-order chi connectivity index (χ0) is 16.3. The molecule has 0 spiro atoms. The minimum Gasteiger partial charge on any atom is -0.371 e. The average Bonchev–Trinajstić information content (AvgIpc) is 3.14. The molecule has 0 bridgehead atoms. The van der Waals surface area contributed by atoms with Crippen LogP contribution in [0.2, 0.25) is 0 Å². The SMILES string of the molecule is CC1(C)CCC(CNC(=O)N2CCCC(Cn3ccnn3)C2)O1. The van der Waals surface area contributed by atoms with E-state index in [1.165, 1.54) is 0 Å². The highest BCUT2D eigenvalue weighted by atomic mass is 16.5. The van der Waals surface area contributed by atoms with E-state index in [1.54, 1.807) is 6.20 Å². The molecule has 7 nitrogen and oxygen atoms in total. The molecule has 2 aliphatic rings. The van der Waals surface area contributed by atoms with Crippen molar-refractivity contribution in [3.05, 3.63) is 12.4 Å². The van der Waals surface area contributed by atoms with Gasteiger partial charge in [0, 0.05) is 32.4 Å². The number of amides is 2. The van der Waals surface area contributed by atoms with Crippen molar-refractivity contribution in [2.45, 2.75) is 57.8 Å². The maximum Gasteiger partial charge on any atom is 0.317 e. The molecule has 0 radical (unpaired) electrons. The van der Waals surface area contributed by atoms with E-state index in [0.717, 1.165) is 45.3 Å². The highest BCUT2D eigenvalue weighted by Gasteiger charge is 2.32. The van der Waals surface area contributed by atoms with Crippen molar-refractivity contribution in [1.82, 2.24) is 25.2 Å². The third-order valence-electron chi connectivity index (χ3n) is 4.76. The summed E-state index contributed by atoms with van der Waals surface area (Å²) in [6.07, 6.45) is 7.95. The molecule has 1 aromatic rings. The summed E-state index contributed by atoms with van der Waals surface area (Å²) in [5, 5.41) is 10.9. The maximum absolute atomic E-state index is 12.4. The van der Waals surface area contributed by atoms with Crippen molar-refractivity contribution >= 4 is 6.03 Å². The first-order valence-electron chi connectivity index (χ1n) is 8.56. The standard InChI is InChI=1S/C16H27N5O2/c1-16(2)6-5-14(23-16)10-17-15(22)20-8-3-4-13(11-20)12-21-9-7-18-19-21/h7,9,13-14H,3-6,8,10-12H2,1-2H3,(H,17,22). The second-order valence-corrected chi connectivity index (χ2v) is 7.30. The van der Waals surface area contributed by atoms with Crippen LogP contribution in [0.5, 0.6) is 0 Å². The molecule has 0 saturated carbocycles. The van der Waals surface area contributed by atoms with Crippen LogP contribution in [-0.2, 0) is 11.3 Å². The number of nitrogens with one attached hydrogen (secondary N) is 1. The van der Waals surface area contributed by atoms with E-state index in [9.17, 15) is 4.79 Å². The number of carbonyl (C=O) groups excluding carboxylic acids is 1. The van der Waals surface area contributed by atoms with Crippen LogP contribution in [0.4, 0.5) is 4.79 Å². The molecule has 2 amide bonds. The summed E-state index contributed by atoms with van der Waals surface area (Å²) in [6.45, 7) is 7.25. The van der Waals surface area contributed by atoms with E-state index in [1.807, 2.05) is 15.8 Å². The summed E-state index contributed by atoms with van der Waals surface area (Å²) in [6, 6.07) is 0.0293. The van der Waals surface area contributed by atoms with Gasteiger partial charge in [0.25, 0.3) is 0 Å². The van der Waals surface area contributed by atoms with Gasteiger partial charge in [-0.3, -0.25) is 4.68 Å². The van der Waals surface area contributed by atoms with E-state index in [2.05, 4.69) is 29.5 Å². The molecule has 128 valence electrons. The number of nitrogens with zero attached hydrogens (tertiary/aromatic N) is 4. The molecule has 2 fully saturated rings. The topological polar surface area (TPSA) is 72.3 Å². The minimum absolute atomic E-state index is 0.0293. The van der Waals surface area contributed by atoms with E-state index in [4.69, 9.17) is 4.74 Å². The number of rotatable bonds is 4. The second kappa shape index (κ2) is 6.86. The Bertz CT molecular complexity index is 517. The fourth-order valence-electron chi connectivity index (χ4n) is 3.53. The van der Waals surface area contributed by atoms with Crippen molar-refractivity contribution in [3.63, 3.8) is 0 Å². The quantitative estimate of drug-likeness (QED) is 0.915. The van der Waals surface area contributed by atoms with Gasteiger partial charge in [-0.25, -0.2) is 4.79 Å². The monoisotopic (exact) mass is 321 g/mol. The molecule has 2 unspecified atom stereocenters. The maximum atomic E-state index is 12.4. The van der Waals surface area contributed by atoms with Crippen molar-refractivity contribution in [2.75, 3.05) is 19.6 Å². The molecule has 2 atom stereocenters. The fourth-order valence-corrected chi connectivity index (χ4v) is 3.53. The molecule has 2 saturated heterocycles. The number of hydrogen-bond donors (Lipinski definition) is 1. The first-order chi connectivity index (χ1) is 11.0. The van der Waals surface area contributed by atoms with Gasteiger partial charge in [-0.05, 0) is 45.4 Å². The molecule has 0 aliphatic carbocycles. The lowest BCUT2D eigenvalue weighted by Gasteiger charge is -2.33. The summed E-state index contributed by atoms with van der Waals surface area (Å²) >= 11 is 0. The van der Waals surface area contributed by atoms with Gasteiger partial charge >= 0.3 is 6.03 Å². The van der Waals surface area contributed by atoms with E-state index in [-0.39, 0.29) is 17.7 Å². The Morgan fingerprint density at radius 3 is 3.00 bits per heavy atom. The number of urea groups is 1. The summed E-state index contributed by atoms with van der Waals surface area (Å²) < 4.78 is 7.77. The summed E-state index contributed by atoms with van der Waals surface area (Å²) in [5.41, 5.74) is -0.0522. The first kappa shape index (κ1) is 16.2. The van der Waals surface area contributed by atoms with Gasteiger partial charge in [-0.2, -0.15) is 0 Å². The predicted octanol–water partition coefficient (Wildman–Crippen LogP) is 1.66. The molecule has 7 heteroatoms. The number of hydrogen-bond acceptors (Lipinski definition) is 4. The molecular weight excluding hydrogens is 294 g/mol. The molecule has 0 aromatic carbocycles. The highest BCUT2D eigenvalue weighted by molar-refractivity contribution is 5.74. The lowest BCUT2D eigenvalue weighted by molar-refractivity contribution is -0.0137. The number of aromatic nitrogens is 3. The molecule has 1 aromatic heterocycles. The molecule has 23 heavy (non-hydrogen) atoms. The summed E-state index contributed by atoms with van der Waals surface area (Å²) in [7, 11) is 0. The Kier molecular flexibility index (Phi) is 4.84. The van der Waals surface area contributed by atoms with Crippen LogP contribution in [-0.4, -0.2) is 57.3 Å². The van der Waals surface area contributed by atoms with Gasteiger partial charge in [0.1, 0.15) is 0 Å². The highest BCUT2D eigenvalue weighted by Crippen LogP contribution is 2.28. The zero-order valence-corrected chi connectivity index (χ0v) is 14.1. The van der Waals surface area contributed by atoms with Crippen LogP contribution in [0.15, 0.2) is 12.4 Å². The van der Waals surface area contributed by atoms with Gasteiger partial charge in [-0.15, -0.1) is 5.10 Å². The first-order valence-corrected chi connectivity index (χ1v) is 8.56. The molecule has 1 N–H and O–H groups in total. The average molecular weight is 321 g/mol. The summed E-state index contributed by atoms with van der Waals surface area (Å²) in [4.78, 5) is 14.3. The van der Waals surface area contributed by atoms with Gasteiger partial charge in [0.05, 0.1) is 17.9 Å². The molecular formula is C16H27N5O2. The van der Waals surface area contributed by atoms with Crippen molar-refractivity contribution < 1.29 is 9.53 Å². The van der Waals surface area contributed by atoms with E-state index in [0.29, 0.717) is 12.5 Å². The third-order valence-corrected chi connectivity index (χ3v) is 4.76. The Morgan fingerprint density at radius 1 is 1.43 bits per heavy atom. The Hall–Kier alpha value is -1.63. The normalized spacial score (nSPS) is 27.1. The molecule has 2 aliphatic heterocycles. The van der Waals surface area contributed by atoms with E-state index >= 15 is 0 Å². The Balaban J connectivity index is 1.43. The van der Waals surface area contributed by atoms with Crippen LogP contribution >= 0.6 is 0 Å². The van der Waals surface area contributed by atoms with Gasteiger partial charge in [0.2, 0.25) is 0 Å². The van der Waals surface area contributed by atoms with Crippen LogP contribution in [0.1, 0.15) is 39.5 Å². The smallest absolute Gasteiger partial charge is 0.317 e. The van der Waals surface area contributed by atoms with Crippen molar-refractivity contribution in [3.8, 4) is 0 Å². The third kappa shape index (κ3) is 4.43. The number of likely N-dealkylation sites (tertiary alicyclic amines) is 1. The minimum atomic E-state index is -0.0522. The lowest BCUT2D eigenvalue weighted by Crippen LogP contribution is -2.48.